The number of hydrogen-bond donors (Lipinski definition) is 0. The summed E-state index contributed by atoms with van der Waals surface area (Å²) >= 11 is 11.4. The maximum atomic E-state index is 6.28. The quantitative estimate of drug-likeness (QED) is 0.815. The molecule has 0 unspecified atom stereocenters. The molecule has 20 heavy (non-hydrogen) atoms. The highest BCUT2D eigenvalue weighted by molar-refractivity contribution is 9.10. The van der Waals surface area contributed by atoms with Crippen molar-refractivity contribution in [3.05, 3.63) is 44.8 Å². The molecule has 6 heteroatoms. The van der Waals surface area contributed by atoms with E-state index in [1.807, 2.05) is 23.7 Å². The maximum Gasteiger partial charge on any atom is 0.185 e. The molecular weight excluding hydrogens is 358 g/mol. The summed E-state index contributed by atoms with van der Waals surface area (Å²) in [5, 5.41) is 4.00. The highest BCUT2D eigenvalue weighted by Gasteiger charge is 2.19. The third kappa shape index (κ3) is 3.34. The van der Waals surface area contributed by atoms with Gasteiger partial charge in [-0.25, -0.2) is 4.98 Å². The van der Waals surface area contributed by atoms with Crippen molar-refractivity contribution in [2.45, 2.75) is 6.54 Å². The van der Waals surface area contributed by atoms with Gasteiger partial charge in [0.15, 0.2) is 5.13 Å². The van der Waals surface area contributed by atoms with Gasteiger partial charge in [0.1, 0.15) is 0 Å². The molecule has 0 saturated carbocycles. The first-order valence-corrected chi connectivity index (χ1v) is 8.58. The summed E-state index contributed by atoms with van der Waals surface area (Å²) in [4.78, 5) is 9.17. The van der Waals surface area contributed by atoms with E-state index in [9.17, 15) is 0 Å². The number of rotatable bonds is 3. The normalized spacial score (nSPS) is 16.6. The van der Waals surface area contributed by atoms with Crippen molar-refractivity contribution in [1.82, 2.24) is 9.88 Å². The SMILES string of the molecule is Clc1cc(Br)ccc1CN1CCN(c2nccs2)CC1. The molecule has 1 fully saturated rings. The lowest BCUT2D eigenvalue weighted by atomic mass is 10.2. The molecule has 1 saturated heterocycles. The van der Waals surface area contributed by atoms with Crippen LogP contribution in [0.15, 0.2) is 34.2 Å². The average molecular weight is 373 g/mol. The summed E-state index contributed by atoms with van der Waals surface area (Å²) in [5.74, 6) is 0. The summed E-state index contributed by atoms with van der Waals surface area (Å²) < 4.78 is 1.03. The fourth-order valence-electron chi connectivity index (χ4n) is 2.36. The number of halogens is 2. The van der Waals surface area contributed by atoms with Gasteiger partial charge in [0, 0.05) is 53.8 Å². The molecule has 0 spiro atoms. The standard InChI is InChI=1S/C14H15BrClN3S/c15-12-2-1-11(13(16)9-12)10-18-4-6-19(7-5-18)14-17-3-8-20-14/h1-3,8-9H,4-7,10H2. The number of aromatic nitrogens is 1. The molecule has 0 radical (unpaired) electrons. The van der Waals surface area contributed by atoms with Crippen LogP contribution in [-0.2, 0) is 6.54 Å². The summed E-state index contributed by atoms with van der Waals surface area (Å²) in [6, 6.07) is 6.11. The van der Waals surface area contributed by atoms with Crippen molar-refractivity contribution in [1.29, 1.82) is 0 Å². The Labute approximate surface area is 136 Å². The van der Waals surface area contributed by atoms with Crippen molar-refractivity contribution in [2.75, 3.05) is 31.1 Å². The minimum Gasteiger partial charge on any atom is -0.346 e. The van der Waals surface area contributed by atoms with Crippen molar-refractivity contribution in [3.63, 3.8) is 0 Å². The second-order valence-corrected chi connectivity index (χ2v) is 7.01. The third-order valence-electron chi connectivity index (χ3n) is 3.47. The molecule has 1 aromatic carbocycles. The monoisotopic (exact) mass is 371 g/mol. The van der Waals surface area contributed by atoms with Crippen LogP contribution in [0, 0.1) is 0 Å². The van der Waals surface area contributed by atoms with Gasteiger partial charge in [0.2, 0.25) is 0 Å². The van der Waals surface area contributed by atoms with Crippen molar-refractivity contribution < 1.29 is 0 Å². The first-order chi connectivity index (χ1) is 9.72. The van der Waals surface area contributed by atoms with Crippen LogP contribution in [-0.4, -0.2) is 36.1 Å². The summed E-state index contributed by atoms with van der Waals surface area (Å²) in [6.07, 6.45) is 1.87. The molecule has 2 aromatic rings. The van der Waals surface area contributed by atoms with Gasteiger partial charge >= 0.3 is 0 Å². The molecule has 106 valence electrons. The van der Waals surface area contributed by atoms with E-state index in [0.717, 1.165) is 47.4 Å². The van der Waals surface area contributed by atoms with Gasteiger partial charge in [-0.3, -0.25) is 4.90 Å². The zero-order chi connectivity index (χ0) is 13.9. The molecule has 1 aromatic heterocycles. The molecule has 3 nitrogen and oxygen atoms in total. The van der Waals surface area contributed by atoms with Gasteiger partial charge < -0.3 is 4.90 Å². The van der Waals surface area contributed by atoms with Crippen molar-refractivity contribution in [2.24, 2.45) is 0 Å². The summed E-state index contributed by atoms with van der Waals surface area (Å²) in [7, 11) is 0. The van der Waals surface area contributed by atoms with Gasteiger partial charge in [-0.15, -0.1) is 11.3 Å². The lowest BCUT2D eigenvalue weighted by molar-refractivity contribution is 0.250. The zero-order valence-electron chi connectivity index (χ0n) is 10.9. The first kappa shape index (κ1) is 14.3. The van der Waals surface area contributed by atoms with Crippen molar-refractivity contribution in [3.8, 4) is 0 Å². The van der Waals surface area contributed by atoms with E-state index in [2.05, 4.69) is 36.8 Å². The molecule has 0 bridgehead atoms. The van der Waals surface area contributed by atoms with Crippen LogP contribution in [0.5, 0.6) is 0 Å². The van der Waals surface area contributed by atoms with Crippen LogP contribution in [0.25, 0.3) is 0 Å². The van der Waals surface area contributed by atoms with E-state index >= 15 is 0 Å². The summed E-state index contributed by atoms with van der Waals surface area (Å²) in [5.41, 5.74) is 1.19. The Morgan fingerprint density at radius 2 is 2.05 bits per heavy atom. The smallest absolute Gasteiger partial charge is 0.185 e. The lowest BCUT2D eigenvalue weighted by Crippen LogP contribution is -2.45. The number of nitrogens with zero attached hydrogens (tertiary/aromatic N) is 3. The molecule has 2 heterocycles. The largest absolute Gasteiger partial charge is 0.346 e. The molecule has 3 rings (SSSR count). The van der Waals surface area contributed by atoms with Crippen molar-refractivity contribution >= 4 is 44.0 Å². The zero-order valence-corrected chi connectivity index (χ0v) is 14.1. The van der Waals surface area contributed by atoms with E-state index in [0.29, 0.717) is 0 Å². The Balaban J connectivity index is 1.58. The van der Waals surface area contributed by atoms with Crippen LogP contribution in [0.4, 0.5) is 5.13 Å². The molecule has 0 amide bonds. The highest BCUT2D eigenvalue weighted by atomic mass is 79.9. The lowest BCUT2D eigenvalue weighted by Gasteiger charge is -2.34. The van der Waals surface area contributed by atoms with Crippen LogP contribution >= 0.6 is 38.9 Å². The number of benzene rings is 1. The Morgan fingerprint density at radius 1 is 1.25 bits per heavy atom. The van der Waals surface area contributed by atoms with Gasteiger partial charge in [-0.1, -0.05) is 33.6 Å². The molecule has 1 aliphatic rings. The van der Waals surface area contributed by atoms with E-state index in [1.165, 1.54) is 5.56 Å². The van der Waals surface area contributed by atoms with E-state index in [4.69, 9.17) is 11.6 Å². The van der Waals surface area contributed by atoms with E-state index in [1.54, 1.807) is 11.3 Å². The minimum absolute atomic E-state index is 0.835. The Hall–Kier alpha value is -0.620. The van der Waals surface area contributed by atoms with E-state index in [-0.39, 0.29) is 0 Å². The molecule has 0 aliphatic carbocycles. The molecule has 1 aliphatic heterocycles. The number of anilines is 1. The Bertz CT molecular complexity index is 568. The second kappa shape index (κ2) is 6.43. The maximum absolute atomic E-state index is 6.28. The van der Waals surface area contributed by atoms with Gasteiger partial charge in [-0.2, -0.15) is 0 Å². The van der Waals surface area contributed by atoms with Gasteiger partial charge in [0.05, 0.1) is 0 Å². The number of piperazine rings is 1. The predicted octanol–water partition coefficient (Wildman–Crippen LogP) is 3.88. The topological polar surface area (TPSA) is 19.4 Å². The van der Waals surface area contributed by atoms with Crippen LogP contribution < -0.4 is 4.90 Å². The first-order valence-electron chi connectivity index (χ1n) is 6.53. The molecule has 0 atom stereocenters. The molecule has 0 N–H and O–H groups in total. The fraction of sp³-hybridized carbons (Fsp3) is 0.357. The highest BCUT2D eigenvalue weighted by Crippen LogP contribution is 2.24. The van der Waals surface area contributed by atoms with Gasteiger partial charge in [0.25, 0.3) is 0 Å². The fourth-order valence-corrected chi connectivity index (χ4v) is 3.79. The van der Waals surface area contributed by atoms with E-state index < -0.39 is 0 Å². The van der Waals surface area contributed by atoms with Crippen LogP contribution in [0.3, 0.4) is 0 Å². The Kier molecular flexibility index (Phi) is 4.61. The average Bonchev–Trinajstić information content (AvgIpc) is 2.97. The third-order valence-corrected chi connectivity index (χ3v) is 5.15. The minimum atomic E-state index is 0.835. The van der Waals surface area contributed by atoms with Gasteiger partial charge in [-0.05, 0) is 17.7 Å². The second-order valence-electron chi connectivity index (χ2n) is 4.81. The number of hydrogen-bond acceptors (Lipinski definition) is 4. The molecular formula is C14H15BrClN3S. The van der Waals surface area contributed by atoms with Crippen LogP contribution in [0.2, 0.25) is 5.02 Å². The predicted molar refractivity (Wildman–Crippen MR) is 88.8 cm³/mol. The van der Waals surface area contributed by atoms with Crippen LogP contribution in [0.1, 0.15) is 5.56 Å². The summed E-state index contributed by atoms with van der Waals surface area (Å²) in [6.45, 7) is 5.07. The Morgan fingerprint density at radius 3 is 2.70 bits per heavy atom. The number of thiazole rings is 1.